The summed E-state index contributed by atoms with van der Waals surface area (Å²) in [4.78, 5) is 2.51. The van der Waals surface area contributed by atoms with Crippen molar-refractivity contribution in [3.8, 4) is 27.9 Å². The van der Waals surface area contributed by atoms with Crippen molar-refractivity contribution in [3.05, 3.63) is 207 Å². The van der Waals surface area contributed by atoms with E-state index in [1.807, 2.05) is 0 Å². The Kier molecular flexibility index (Phi) is 7.83. The molecule has 1 aromatic heterocycles. The Bertz CT molecular complexity index is 3130. The number of anilines is 3. The van der Waals surface area contributed by atoms with E-state index in [0.717, 1.165) is 6.42 Å². The molecule has 0 saturated heterocycles. The van der Waals surface area contributed by atoms with Gasteiger partial charge in [-0.1, -0.05) is 139 Å². The van der Waals surface area contributed by atoms with Crippen molar-refractivity contribution in [1.29, 1.82) is 0 Å². The molecule has 11 rings (SSSR count). The lowest BCUT2D eigenvalue weighted by Crippen LogP contribution is -2.30. The second-order valence-electron chi connectivity index (χ2n) is 19.0. The van der Waals surface area contributed by atoms with Crippen LogP contribution in [0, 0.1) is 6.92 Å². The number of rotatable bonds is 4. The van der Waals surface area contributed by atoms with E-state index in [-0.39, 0.29) is 16.2 Å². The van der Waals surface area contributed by atoms with Crippen LogP contribution in [0.25, 0.3) is 44.9 Å². The van der Waals surface area contributed by atoms with Crippen LogP contribution in [-0.2, 0) is 22.7 Å². The maximum atomic E-state index is 2.51. The molecule has 0 unspecified atom stereocenters. The number of hydrogen-bond acceptors (Lipinski definition) is 1. The van der Waals surface area contributed by atoms with Gasteiger partial charge in [-0.2, -0.15) is 0 Å². The molecule has 0 fully saturated rings. The molecule has 0 amide bonds. The van der Waals surface area contributed by atoms with Gasteiger partial charge < -0.3 is 9.47 Å². The van der Waals surface area contributed by atoms with Crippen molar-refractivity contribution in [3.63, 3.8) is 0 Å². The highest BCUT2D eigenvalue weighted by Gasteiger charge is 2.40. The van der Waals surface area contributed by atoms with E-state index in [0.29, 0.717) is 0 Å². The standard InChI is InChI=1S/C58H52N2/c1-9-16-52-36(2)45-32-37(24-29-53(45)59(52)41-26-23-40-31-39-17-10-12-19-46(39)56(3,4)49(40)34-41)38-25-30-55-51(33-38)58(7,8)48-21-14-15-22-54(48)60(55)42-27-28-44-43-18-11-13-20-47(43)57(5,6)50(44)35-42/h9-30,32-35H,31H2,1-8H3/b16-9-. The molecule has 0 saturated carbocycles. The summed E-state index contributed by atoms with van der Waals surface area (Å²) in [6.45, 7) is 18.7. The third-order valence-electron chi connectivity index (χ3n) is 14.6. The predicted octanol–water partition coefficient (Wildman–Crippen LogP) is 15.3. The summed E-state index contributed by atoms with van der Waals surface area (Å²) in [5, 5.41) is 1.29. The molecule has 0 N–H and O–H groups in total. The normalized spacial score (nSPS) is 16.2. The summed E-state index contributed by atoms with van der Waals surface area (Å²) in [5.74, 6) is 0. The summed E-state index contributed by atoms with van der Waals surface area (Å²) in [7, 11) is 0. The number of aromatic nitrogens is 1. The summed E-state index contributed by atoms with van der Waals surface area (Å²) in [5.41, 5.74) is 24.7. The first-order valence-corrected chi connectivity index (χ1v) is 21.7. The van der Waals surface area contributed by atoms with Gasteiger partial charge in [-0.05, 0) is 153 Å². The maximum absolute atomic E-state index is 2.51. The lowest BCUT2D eigenvalue weighted by Gasteiger charge is -2.42. The molecule has 60 heavy (non-hydrogen) atoms. The van der Waals surface area contributed by atoms with E-state index in [9.17, 15) is 0 Å². The lowest BCUT2D eigenvalue weighted by atomic mass is 9.69. The van der Waals surface area contributed by atoms with Gasteiger partial charge in [0, 0.05) is 38.7 Å². The fourth-order valence-corrected chi connectivity index (χ4v) is 11.3. The van der Waals surface area contributed by atoms with Gasteiger partial charge in [0.25, 0.3) is 0 Å². The van der Waals surface area contributed by atoms with Gasteiger partial charge in [0.05, 0.1) is 16.9 Å². The summed E-state index contributed by atoms with van der Waals surface area (Å²) in [6.07, 6.45) is 5.43. The highest BCUT2D eigenvalue weighted by molar-refractivity contribution is 5.95. The summed E-state index contributed by atoms with van der Waals surface area (Å²) >= 11 is 0. The molecule has 0 bridgehead atoms. The van der Waals surface area contributed by atoms with Crippen molar-refractivity contribution in [2.24, 2.45) is 0 Å². The van der Waals surface area contributed by atoms with Gasteiger partial charge in [-0.15, -0.1) is 0 Å². The van der Waals surface area contributed by atoms with Crippen molar-refractivity contribution < 1.29 is 0 Å². The third kappa shape index (κ3) is 5.06. The monoisotopic (exact) mass is 776 g/mol. The van der Waals surface area contributed by atoms with E-state index in [1.165, 1.54) is 112 Å². The molecule has 2 aliphatic carbocycles. The number of allylic oxidation sites excluding steroid dienone is 1. The topological polar surface area (TPSA) is 8.17 Å². The van der Waals surface area contributed by atoms with Crippen molar-refractivity contribution >= 4 is 34.0 Å². The van der Waals surface area contributed by atoms with E-state index in [1.54, 1.807) is 0 Å². The zero-order valence-electron chi connectivity index (χ0n) is 36.1. The first-order valence-electron chi connectivity index (χ1n) is 21.7. The Morgan fingerprint density at radius 1 is 0.483 bits per heavy atom. The summed E-state index contributed by atoms with van der Waals surface area (Å²) in [6, 6.07) is 55.5. The molecule has 294 valence electrons. The van der Waals surface area contributed by atoms with Gasteiger partial charge in [-0.3, -0.25) is 0 Å². The van der Waals surface area contributed by atoms with E-state index < -0.39 is 0 Å². The minimum Gasteiger partial charge on any atom is -0.310 e. The highest BCUT2D eigenvalue weighted by atomic mass is 15.2. The molecule has 1 aliphatic heterocycles. The van der Waals surface area contributed by atoms with Crippen molar-refractivity contribution in [2.45, 2.75) is 78.1 Å². The Labute approximate surface area is 355 Å². The second kappa shape index (κ2) is 12.8. The van der Waals surface area contributed by atoms with Crippen LogP contribution >= 0.6 is 0 Å². The largest absolute Gasteiger partial charge is 0.310 e. The Morgan fingerprint density at radius 2 is 1.08 bits per heavy atom. The lowest BCUT2D eigenvalue weighted by molar-refractivity contribution is 0.610. The van der Waals surface area contributed by atoms with Crippen LogP contribution in [0.1, 0.15) is 104 Å². The van der Waals surface area contributed by atoms with Crippen LogP contribution in [0.3, 0.4) is 0 Å². The molecule has 2 heteroatoms. The quantitative estimate of drug-likeness (QED) is 0.173. The fraction of sp³-hybridized carbons (Fsp3) is 0.207. The maximum Gasteiger partial charge on any atom is 0.0537 e. The Morgan fingerprint density at radius 3 is 1.90 bits per heavy atom. The average Bonchev–Trinajstić information content (AvgIpc) is 3.66. The smallest absolute Gasteiger partial charge is 0.0537 e. The molecule has 0 atom stereocenters. The Balaban J connectivity index is 1.03. The van der Waals surface area contributed by atoms with Crippen LogP contribution in [0.4, 0.5) is 17.1 Å². The van der Waals surface area contributed by atoms with Gasteiger partial charge in [-0.25, -0.2) is 0 Å². The molecule has 3 aliphatic rings. The minimum atomic E-state index is -0.201. The first kappa shape index (κ1) is 36.7. The highest BCUT2D eigenvalue weighted by Crippen LogP contribution is 2.55. The van der Waals surface area contributed by atoms with Crippen LogP contribution in [0.2, 0.25) is 0 Å². The zero-order chi connectivity index (χ0) is 41.3. The first-order chi connectivity index (χ1) is 28.9. The molecule has 2 nitrogen and oxygen atoms in total. The van der Waals surface area contributed by atoms with Crippen molar-refractivity contribution in [1.82, 2.24) is 4.57 Å². The van der Waals surface area contributed by atoms with Gasteiger partial charge in [0.1, 0.15) is 0 Å². The van der Waals surface area contributed by atoms with E-state index in [2.05, 4.69) is 223 Å². The van der Waals surface area contributed by atoms with Crippen LogP contribution in [0.15, 0.2) is 152 Å². The number of hydrogen-bond donors (Lipinski definition) is 0. The molecular formula is C58H52N2. The molecule has 0 radical (unpaired) electrons. The van der Waals surface area contributed by atoms with Gasteiger partial charge in [0.2, 0.25) is 0 Å². The average molecular weight is 777 g/mol. The van der Waals surface area contributed by atoms with Gasteiger partial charge >= 0.3 is 0 Å². The zero-order valence-corrected chi connectivity index (χ0v) is 36.1. The Hall–Kier alpha value is -6.38. The molecular weight excluding hydrogens is 725 g/mol. The molecule has 2 heterocycles. The third-order valence-corrected chi connectivity index (χ3v) is 14.6. The number of aryl methyl sites for hydroxylation is 1. The summed E-state index contributed by atoms with van der Waals surface area (Å²) < 4.78 is 2.48. The molecule has 8 aromatic rings. The van der Waals surface area contributed by atoms with Crippen LogP contribution in [0.5, 0.6) is 0 Å². The molecule has 7 aromatic carbocycles. The number of fused-ring (bicyclic) bond motifs is 8. The molecule has 0 spiro atoms. The minimum absolute atomic E-state index is 0.0750. The van der Waals surface area contributed by atoms with E-state index in [4.69, 9.17) is 0 Å². The van der Waals surface area contributed by atoms with Gasteiger partial charge in [0.15, 0.2) is 0 Å². The van der Waals surface area contributed by atoms with E-state index >= 15 is 0 Å². The number of para-hydroxylation sites is 1. The second-order valence-corrected chi connectivity index (χ2v) is 19.0. The van der Waals surface area contributed by atoms with Crippen LogP contribution < -0.4 is 4.90 Å². The SMILES string of the molecule is C/C=C\c1c(C)c2cc(-c3ccc4c(c3)C(C)(C)c3ccccc3N4c3ccc4c(c3)C(C)(C)c3ccccc3-4)ccc2n1-c1ccc2c(c1)C(C)(C)c1ccccc1C2. The number of benzene rings is 7. The fourth-order valence-electron chi connectivity index (χ4n) is 11.3. The predicted molar refractivity (Wildman–Crippen MR) is 254 cm³/mol. The number of nitrogens with zero attached hydrogens (tertiary/aromatic N) is 2. The van der Waals surface area contributed by atoms with Crippen LogP contribution in [-0.4, -0.2) is 4.57 Å². The van der Waals surface area contributed by atoms with Crippen molar-refractivity contribution in [2.75, 3.05) is 4.90 Å².